The van der Waals surface area contributed by atoms with Crippen LogP contribution in [-0.2, 0) is 9.53 Å². The minimum Gasteiger partial charge on any atom is -0.381 e. The quantitative estimate of drug-likeness (QED) is 0.552. The molecule has 0 saturated carbocycles. The lowest BCUT2D eigenvalue weighted by atomic mass is 10.1. The molecule has 0 bridgehead atoms. The molecular formula is C14H29NO2. The molecule has 0 aliphatic rings. The molecule has 1 amide bonds. The normalized spacial score (nSPS) is 12.5. The molecule has 0 rings (SSSR count). The van der Waals surface area contributed by atoms with Crippen LogP contribution in [0.1, 0.15) is 53.4 Å². The molecule has 0 aromatic heterocycles. The van der Waals surface area contributed by atoms with Crippen LogP contribution in [0, 0.1) is 5.92 Å². The smallest absolute Gasteiger partial charge is 0.227 e. The third kappa shape index (κ3) is 7.37. The van der Waals surface area contributed by atoms with Crippen molar-refractivity contribution in [1.29, 1.82) is 0 Å². The van der Waals surface area contributed by atoms with E-state index in [1.807, 2.05) is 25.7 Å². The van der Waals surface area contributed by atoms with Crippen molar-refractivity contribution < 1.29 is 9.53 Å². The van der Waals surface area contributed by atoms with E-state index in [1.165, 1.54) is 19.3 Å². The number of nitrogens with zero attached hydrogens (tertiary/aromatic N) is 1. The summed E-state index contributed by atoms with van der Waals surface area (Å²) in [6.07, 6.45) is 4.86. The molecule has 0 radical (unpaired) electrons. The highest BCUT2D eigenvalue weighted by Gasteiger charge is 2.17. The van der Waals surface area contributed by atoms with E-state index < -0.39 is 0 Å². The summed E-state index contributed by atoms with van der Waals surface area (Å²) in [6.45, 7) is 11.1. The third-order valence-corrected chi connectivity index (χ3v) is 3.01. The lowest BCUT2D eigenvalue weighted by molar-refractivity contribution is -0.136. The molecule has 1 unspecified atom stereocenters. The molecule has 0 saturated heterocycles. The van der Waals surface area contributed by atoms with Crippen LogP contribution in [0.15, 0.2) is 0 Å². The van der Waals surface area contributed by atoms with Crippen molar-refractivity contribution in [2.75, 3.05) is 26.3 Å². The van der Waals surface area contributed by atoms with Gasteiger partial charge in [-0.1, -0.05) is 33.1 Å². The van der Waals surface area contributed by atoms with Crippen molar-refractivity contribution in [3.63, 3.8) is 0 Å². The van der Waals surface area contributed by atoms with Crippen molar-refractivity contribution in [3.8, 4) is 0 Å². The molecule has 0 aromatic carbocycles. The summed E-state index contributed by atoms with van der Waals surface area (Å²) in [5.74, 6) is 0.199. The SMILES string of the molecule is CCCCCCOCC(C)C(=O)N(CC)CC. The number of ether oxygens (including phenoxy) is 1. The Hall–Kier alpha value is -0.570. The number of rotatable bonds is 10. The van der Waals surface area contributed by atoms with Gasteiger partial charge in [-0.2, -0.15) is 0 Å². The van der Waals surface area contributed by atoms with E-state index in [2.05, 4.69) is 6.92 Å². The lowest BCUT2D eigenvalue weighted by Crippen LogP contribution is -2.36. The van der Waals surface area contributed by atoms with Crippen LogP contribution in [0.25, 0.3) is 0 Å². The maximum atomic E-state index is 11.9. The second-order valence-electron chi connectivity index (χ2n) is 4.55. The van der Waals surface area contributed by atoms with Gasteiger partial charge in [0.1, 0.15) is 0 Å². The van der Waals surface area contributed by atoms with Gasteiger partial charge < -0.3 is 9.64 Å². The Morgan fingerprint density at radius 2 is 1.76 bits per heavy atom. The zero-order chi connectivity index (χ0) is 13.1. The van der Waals surface area contributed by atoms with E-state index in [1.54, 1.807) is 0 Å². The van der Waals surface area contributed by atoms with E-state index in [0.29, 0.717) is 6.61 Å². The van der Waals surface area contributed by atoms with Crippen LogP contribution < -0.4 is 0 Å². The predicted molar refractivity (Wildman–Crippen MR) is 72.1 cm³/mol. The summed E-state index contributed by atoms with van der Waals surface area (Å²) >= 11 is 0. The predicted octanol–water partition coefficient (Wildman–Crippen LogP) is 3.09. The Morgan fingerprint density at radius 3 is 2.29 bits per heavy atom. The number of hydrogen-bond donors (Lipinski definition) is 0. The van der Waals surface area contributed by atoms with E-state index in [0.717, 1.165) is 26.1 Å². The Kier molecular flexibility index (Phi) is 10.2. The molecule has 3 nitrogen and oxygen atoms in total. The van der Waals surface area contributed by atoms with Gasteiger partial charge in [0.15, 0.2) is 0 Å². The molecule has 102 valence electrons. The number of hydrogen-bond acceptors (Lipinski definition) is 2. The van der Waals surface area contributed by atoms with Gasteiger partial charge in [-0.05, 0) is 20.3 Å². The molecule has 0 spiro atoms. The van der Waals surface area contributed by atoms with Crippen LogP contribution in [-0.4, -0.2) is 37.1 Å². The number of carbonyl (C=O) groups is 1. The van der Waals surface area contributed by atoms with Crippen LogP contribution in [0.2, 0.25) is 0 Å². The largest absolute Gasteiger partial charge is 0.381 e. The Bertz CT molecular complexity index is 191. The molecule has 0 aliphatic carbocycles. The van der Waals surface area contributed by atoms with Gasteiger partial charge in [-0.25, -0.2) is 0 Å². The van der Waals surface area contributed by atoms with Gasteiger partial charge in [-0.3, -0.25) is 4.79 Å². The summed E-state index contributed by atoms with van der Waals surface area (Å²) in [5.41, 5.74) is 0. The Labute approximate surface area is 107 Å². The summed E-state index contributed by atoms with van der Waals surface area (Å²) in [5, 5.41) is 0. The lowest BCUT2D eigenvalue weighted by Gasteiger charge is -2.22. The minimum absolute atomic E-state index is 0.0129. The molecule has 17 heavy (non-hydrogen) atoms. The molecule has 0 aliphatic heterocycles. The van der Waals surface area contributed by atoms with Crippen molar-refractivity contribution in [3.05, 3.63) is 0 Å². The van der Waals surface area contributed by atoms with Crippen molar-refractivity contribution in [1.82, 2.24) is 4.90 Å². The van der Waals surface area contributed by atoms with E-state index in [9.17, 15) is 4.79 Å². The first-order valence-corrected chi connectivity index (χ1v) is 7.03. The van der Waals surface area contributed by atoms with Crippen LogP contribution >= 0.6 is 0 Å². The van der Waals surface area contributed by atoms with Crippen molar-refractivity contribution in [2.45, 2.75) is 53.4 Å². The number of amides is 1. The Morgan fingerprint density at radius 1 is 1.12 bits per heavy atom. The third-order valence-electron chi connectivity index (χ3n) is 3.01. The number of unbranched alkanes of at least 4 members (excludes halogenated alkanes) is 3. The summed E-state index contributed by atoms with van der Waals surface area (Å²) in [4.78, 5) is 13.8. The molecular weight excluding hydrogens is 214 g/mol. The van der Waals surface area contributed by atoms with Crippen LogP contribution in [0.5, 0.6) is 0 Å². The first-order valence-electron chi connectivity index (χ1n) is 7.03. The average molecular weight is 243 g/mol. The molecule has 3 heteroatoms. The van der Waals surface area contributed by atoms with Gasteiger partial charge >= 0.3 is 0 Å². The second-order valence-corrected chi connectivity index (χ2v) is 4.55. The summed E-state index contributed by atoms with van der Waals surface area (Å²) < 4.78 is 5.55. The zero-order valence-corrected chi connectivity index (χ0v) is 12.0. The highest BCUT2D eigenvalue weighted by atomic mass is 16.5. The molecule has 0 fully saturated rings. The fourth-order valence-corrected chi connectivity index (χ4v) is 1.81. The maximum Gasteiger partial charge on any atom is 0.227 e. The Balaban J connectivity index is 3.63. The zero-order valence-electron chi connectivity index (χ0n) is 12.0. The average Bonchev–Trinajstić information content (AvgIpc) is 2.34. The second kappa shape index (κ2) is 10.6. The fourth-order valence-electron chi connectivity index (χ4n) is 1.81. The van der Waals surface area contributed by atoms with Gasteiger partial charge in [-0.15, -0.1) is 0 Å². The number of carbonyl (C=O) groups excluding carboxylic acids is 1. The van der Waals surface area contributed by atoms with Crippen LogP contribution in [0.4, 0.5) is 0 Å². The van der Waals surface area contributed by atoms with E-state index >= 15 is 0 Å². The fraction of sp³-hybridized carbons (Fsp3) is 0.929. The monoisotopic (exact) mass is 243 g/mol. The van der Waals surface area contributed by atoms with Gasteiger partial charge in [0, 0.05) is 19.7 Å². The topological polar surface area (TPSA) is 29.5 Å². The van der Waals surface area contributed by atoms with Crippen LogP contribution in [0.3, 0.4) is 0 Å². The minimum atomic E-state index is -0.0129. The molecule has 0 N–H and O–H groups in total. The highest BCUT2D eigenvalue weighted by Crippen LogP contribution is 2.05. The summed E-state index contributed by atoms with van der Waals surface area (Å²) in [6, 6.07) is 0. The van der Waals surface area contributed by atoms with E-state index in [4.69, 9.17) is 4.74 Å². The maximum absolute atomic E-state index is 11.9. The van der Waals surface area contributed by atoms with Gasteiger partial charge in [0.2, 0.25) is 5.91 Å². The van der Waals surface area contributed by atoms with Crippen molar-refractivity contribution >= 4 is 5.91 Å². The molecule has 0 heterocycles. The van der Waals surface area contributed by atoms with Crippen molar-refractivity contribution in [2.24, 2.45) is 5.92 Å². The summed E-state index contributed by atoms with van der Waals surface area (Å²) in [7, 11) is 0. The van der Waals surface area contributed by atoms with E-state index in [-0.39, 0.29) is 11.8 Å². The van der Waals surface area contributed by atoms with Gasteiger partial charge in [0.25, 0.3) is 0 Å². The standard InChI is InChI=1S/C14H29NO2/c1-5-8-9-10-11-17-12-13(4)14(16)15(6-2)7-3/h13H,5-12H2,1-4H3. The molecule has 0 aromatic rings. The van der Waals surface area contributed by atoms with Gasteiger partial charge in [0.05, 0.1) is 12.5 Å². The first kappa shape index (κ1) is 16.4. The first-order chi connectivity index (χ1) is 8.17. The highest BCUT2D eigenvalue weighted by molar-refractivity contribution is 5.78. The molecule has 1 atom stereocenters.